The minimum Gasteiger partial charge on any atom is -0.462 e. The van der Waals surface area contributed by atoms with Crippen LogP contribution in [0.25, 0.3) is 11.1 Å². The SMILES string of the molecule is CCOC(=O)c1c(-c2ccc(Br)cc2)csc1NC(=O)C1CCCC1. The monoisotopic (exact) mass is 421 g/mol. The van der Waals surface area contributed by atoms with Crippen molar-refractivity contribution in [1.82, 2.24) is 0 Å². The van der Waals surface area contributed by atoms with Gasteiger partial charge in [0.25, 0.3) is 0 Å². The minimum atomic E-state index is -0.400. The lowest BCUT2D eigenvalue weighted by atomic mass is 10.0. The van der Waals surface area contributed by atoms with Gasteiger partial charge in [-0.2, -0.15) is 0 Å². The smallest absolute Gasteiger partial charge is 0.341 e. The number of ether oxygens (including phenoxy) is 1. The van der Waals surface area contributed by atoms with Crippen LogP contribution in [0.3, 0.4) is 0 Å². The predicted octanol–water partition coefficient (Wildman–Crippen LogP) is 5.48. The number of halogens is 1. The van der Waals surface area contributed by atoms with Gasteiger partial charge in [0.05, 0.1) is 6.61 Å². The number of rotatable bonds is 5. The fourth-order valence-electron chi connectivity index (χ4n) is 3.10. The Balaban J connectivity index is 1.93. The lowest BCUT2D eigenvalue weighted by Gasteiger charge is -2.11. The van der Waals surface area contributed by atoms with Crippen molar-refractivity contribution < 1.29 is 14.3 Å². The number of nitrogens with one attached hydrogen (secondary N) is 1. The van der Waals surface area contributed by atoms with Crippen molar-refractivity contribution >= 4 is 44.1 Å². The average Bonchev–Trinajstić information content (AvgIpc) is 3.25. The molecule has 6 heteroatoms. The van der Waals surface area contributed by atoms with Crippen molar-refractivity contribution in [3.8, 4) is 11.1 Å². The molecule has 4 nitrogen and oxygen atoms in total. The topological polar surface area (TPSA) is 55.4 Å². The van der Waals surface area contributed by atoms with E-state index in [4.69, 9.17) is 4.74 Å². The highest BCUT2D eigenvalue weighted by Gasteiger charge is 2.27. The largest absolute Gasteiger partial charge is 0.462 e. The molecule has 0 spiro atoms. The molecule has 1 amide bonds. The highest BCUT2D eigenvalue weighted by molar-refractivity contribution is 9.10. The molecule has 2 aromatic rings. The van der Waals surface area contributed by atoms with Crippen LogP contribution in [0, 0.1) is 5.92 Å². The third-order valence-corrected chi connectivity index (χ3v) is 5.81. The van der Waals surface area contributed by atoms with Crippen molar-refractivity contribution in [3.05, 3.63) is 39.7 Å². The van der Waals surface area contributed by atoms with Gasteiger partial charge < -0.3 is 10.1 Å². The first-order chi connectivity index (χ1) is 12.1. The zero-order chi connectivity index (χ0) is 17.8. The Bertz CT molecular complexity index is 763. The van der Waals surface area contributed by atoms with E-state index >= 15 is 0 Å². The molecule has 1 saturated carbocycles. The summed E-state index contributed by atoms with van der Waals surface area (Å²) in [4.78, 5) is 25.0. The third-order valence-electron chi connectivity index (χ3n) is 4.39. The van der Waals surface area contributed by atoms with Crippen LogP contribution in [0.5, 0.6) is 0 Å². The third kappa shape index (κ3) is 4.12. The highest BCUT2D eigenvalue weighted by Crippen LogP contribution is 2.37. The second-order valence-corrected chi connectivity index (χ2v) is 7.85. The van der Waals surface area contributed by atoms with E-state index in [0.29, 0.717) is 17.2 Å². The van der Waals surface area contributed by atoms with Crippen molar-refractivity contribution in [3.63, 3.8) is 0 Å². The summed E-state index contributed by atoms with van der Waals surface area (Å²) in [6.07, 6.45) is 4.03. The molecule has 1 aromatic heterocycles. The number of amides is 1. The highest BCUT2D eigenvalue weighted by atomic mass is 79.9. The number of carbonyl (C=O) groups excluding carboxylic acids is 2. The van der Waals surface area contributed by atoms with E-state index < -0.39 is 5.97 Å². The number of carbonyl (C=O) groups is 2. The summed E-state index contributed by atoms with van der Waals surface area (Å²) in [7, 11) is 0. The Morgan fingerprint density at radius 3 is 2.56 bits per heavy atom. The molecule has 0 saturated heterocycles. The van der Waals surface area contributed by atoms with Gasteiger partial charge in [0.15, 0.2) is 0 Å². The summed E-state index contributed by atoms with van der Waals surface area (Å²) in [6, 6.07) is 7.74. The molecule has 1 heterocycles. The summed E-state index contributed by atoms with van der Waals surface area (Å²) in [5.41, 5.74) is 2.15. The van der Waals surface area contributed by atoms with Gasteiger partial charge in [-0.15, -0.1) is 11.3 Å². The average molecular weight is 422 g/mol. The van der Waals surface area contributed by atoms with Gasteiger partial charge in [-0.05, 0) is 37.5 Å². The van der Waals surface area contributed by atoms with Gasteiger partial charge in [-0.3, -0.25) is 4.79 Å². The van der Waals surface area contributed by atoms with E-state index in [1.807, 2.05) is 29.6 Å². The van der Waals surface area contributed by atoms with Crippen molar-refractivity contribution in [2.45, 2.75) is 32.6 Å². The van der Waals surface area contributed by atoms with Gasteiger partial charge in [0, 0.05) is 21.3 Å². The van der Waals surface area contributed by atoms with Crippen LogP contribution in [0.15, 0.2) is 34.1 Å². The van der Waals surface area contributed by atoms with Gasteiger partial charge >= 0.3 is 5.97 Å². The maximum absolute atomic E-state index is 12.5. The Kier molecular flexibility index (Phi) is 5.91. The van der Waals surface area contributed by atoms with E-state index in [-0.39, 0.29) is 11.8 Å². The molecule has 25 heavy (non-hydrogen) atoms. The van der Waals surface area contributed by atoms with Crippen LogP contribution in [-0.4, -0.2) is 18.5 Å². The van der Waals surface area contributed by atoms with E-state index in [9.17, 15) is 9.59 Å². The molecule has 0 unspecified atom stereocenters. The standard InChI is InChI=1S/C19H20BrNO3S/c1-2-24-19(23)16-15(12-7-9-14(20)10-8-12)11-25-18(16)21-17(22)13-5-3-4-6-13/h7-11,13H,2-6H2,1H3,(H,21,22). The molecule has 1 aliphatic carbocycles. The first kappa shape index (κ1) is 18.1. The van der Waals surface area contributed by atoms with Crippen LogP contribution >= 0.6 is 27.3 Å². The summed E-state index contributed by atoms with van der Waals surface area (Å²) in [5.74, 6) is -0.344. The lowest BCUT2D eigenvalue weighted by molar-refractivity contribution is -0.119. The first-order valence-corrected chi connectivity index (χ1v) is 10.1. The number of anilines is 1. The molecular weight excluding hydrogens is 402 g/mol. The zero-order valence-electron chi connectivity index (χ0n) is 14.0. The molecule has 1 aromatic carbocycles. The summed E-state index contributed by atoms with van der Waals surface area (Å²) < 4.78 is 6.20. The molecule has 0 aliphatic heterocycles. The zero-order valence-corrected chi connectivity index (χ0v) is 16.4. The van der Waals surface area contributed by atoms with Gasteiger partial charge in [-0.25, -0.2) is 4.79 Å². The lowest BCUT2D eigenvalue weighted by Crippen LogP contribution is -2.21. The predicted molar refractivity (Wildman–Crippen MR) is 104 cm³/mol. The first-order valence-electron chi connectivity index (χ1n) is 8.45. The molecule has 3 rings (SSSR count). The quantitative estimate of drug-likeness (QED) is 0.649. The molecule has 1 aliphatic rings. The number of hydrogen-bond donors (Lipinski definition) is 1. The molecular formula is C19H20BrNO3S. The van der Waals surface area contributed by atoms with Crippen LogP contribution in [-0.2, 0) is 9.53 Å². The van der Waals surface area contributed by atoms with Crippen LogP contribution < -0.4 is 5.32 Å². The van der Waals surface area contributed by atoms with E-state index in [1.165, 1.54) is 11.3 Å². The van der Waals surface area contributed by atoms with Crippen molar-refractivity contribution in [1.29, 1.82) is 0 Å². The Morgan fingerprint density at radius 2 is 1.92 bits per heavy atom. The molecule has 1 fully saturated rings. The Hall–Kier alpha value is -1.66. The van der Waals surface area contributed by atoms with Crippen LogP contribution in [0.1, 0.15) is 43.0 Å². The maximum Gasteiger partial charge on any atom is 0.341 e. The normalized spacial score (nSPS) is 14.5. The molecule has 0 atom stereocenters. The molecule has 0 bridgehead atoms. The van der Waals surface area contributed by atoms with Gasteiger partial charge in [0.2, 0.25) is 5.91 Å². The number of thiophene rings is 1. The number of esters is 1. The minimum absolute atomic E-state index is 0.00672. The fraction of sp³-hybridized carbons (Fsp3) is 0.368. The fourth-order valence-corrected chi connectivity index (χ4v) is 4.32. The second-order valence-electron chi connectivity index (χ2n) is 6.05. The van der Waals surface area contributed by atoms with Gasteiger partial charge in [0.1, 0.15) is 10.6 Å². The van der Waals surface area contributed by atoms with E-state index in [0.717, 1.165) is 41.3 Å². The van der Waals surface area contributed by atoms with E-state index in [2.05, 4.69) is 21.2 Å². The van der Waals surface area contributed by atoms with Gasteiger partial charge in [-0.1, -0.05) is 40.9 Å². The van der Waals surface area contributed by atoms with Crippen LogP contribution in [0.4, 0.5) is 5.00 Å². The molecule has 1 N–H and O–H groups in total. The maximum atomic E-state index is 12.5. The Morgan fingerprint density at radius 1 is 1.24 bits per heavy atom. The molecule has 132 valence electrons. The summed E-state index contributed by atoms with van der Waals surface area (Å²) in [5, 5.41) is 5.44. The molecule has 0 radical (unpaired) electrons. The van der Waals surface area contributed by atoms with Crippen molar-refractivity contribution in [2.24, 2.45) is 5.92 Å². The summed E-state index contributed by atoms with van der Waals surface area (Å²) >= 11 is 4.79. The summed E-state index contributed by atoms with van der Waals surface area (Å²) in [6.45, 7) is 2.07. The van der Waals surface area contributed by atoms with Crippen molar-refractivity contribution in [2.75, 3.05) is 11.9 Å². The second kappa shape index (κ2) is 8.15. The van der Waals surface area contributed by atoms with Crippen LogP contribution in [0.2, 0.25) is 0 Å². The number of hydrogen-bond acceptors (Lipinski definition) is 4. The number of benzene rings is 1. The Labute approximate surface area is 159 Å². The van der Waals surface area contributed by atoms with E-state index in [1.54, 1.807) is 6.92 Å².